The van der Waals surface area contributed by atoms with Crippen LogP contribution in [0.4, 0.5) is 16.2 Å². The van der Waals surface area contributed by atoms with Gasteiger partial charge in [0.15, 0.2) is 0 Å². The largest absolute Gasteiger partial charge is 0.465 e. The summed E-state index contributed by atoms with van der Waals surface area (Å²) in [6, 6.07) is 9.00. The molecule has 0 bridgehead atoms. The van der Waals surface area contributed by atoms with Crippen LogP contribution >= 0.6 is 0 Å². The van der Waals surface area contributed by atoms with E-state index in [2.05, 4.69) is 53.0 Å². The van der Waals surface area contributed by atoms with Gasteiger partial charge in [0.25, 0.3) is 0 Å². The van der Waals surface area contributed by atoms with E-state index in [9.17, 15) is 9.90 Å². The first-order chi connectivity index (χ1) is 13.5. The van der Waals surface area contributed by atoms with Gasteiger partial charge in [0.05, 0.1) is 12.2 Å². The number of hydrogen-bond donors (Lipinski definition) is 1. The monoisotopic (exact) mass is 384 g/mol. The number of hydrogen-bond acceptors (Lipinski definition) is 4. The van der Waals surface area contributed by atoms with Crippen LogP contribution in [0.5, 0.6) is 0 Å². The van der Waals surface area contributed by atoms with Crippen molar-refractivity contribution in [3.8, 4) is 0 Å². The van der Waals surface area contributed by atoms with Gasteiger partial charge in [-0.2, -0.15) is 0 Å². The fraction of sp³-hybridized carbons (Fsp3) is 0.591. The SMILES string of the molecule is CC(C)CN1C2=C(CCN(C(=O)O)CC2)CN1c1ccc(N2CCCC2)cc1. The van der Waals surface area contributed by atoms with Crippen molar-refractivity contribution in [1.82, 2.24) is 9.91 Å². The average Bonchev–Trinajstić information content (AvgIpc) is 3.25. The molecule has 1 N–H and O–H groups in total. The highest BCUT2D eigenvalue weighted by Crippen LogP contribution is 2.35. The highest BCUT2D eigenvalue weighted by molar-refractivity contribution is 5.65. The van der Waals surface area contributed by atoms with Crippen molar-refractivity contribution < 1.29 is 9.90 Å². The summed E-state index contributed by atoms with van der Waals surface area (Å²) >= 11 is 0. The molecule has 6 nitrogen and oxygen atoms in total. The van der Waals surface area contributed by atoms with Crippen LogP contribution in [0.15, 0.2) is 35.5 Å². The molecule has 4 rings (SSSR count). The maximum absolute atomic E-state index is 11.4. The van der Waals surface area contributed by atoms with Gasteiger partial charge in [0, 0.05) is 50.5 Å². The van der Waals surface area contributed by atoms with Crippen LogP contribution in [0.3, 0.4) is 0 Å². The number of nitrogens with zero attached hydrogens (tertiary/aromatic N) is 4. The van der Waals surface area contributed by atoms with Crippen molar-refractivity contribution in [3.63, 3.8) is 0 Å². The highest BCUT2D eigenvalue weighted by Gasteiger charge is 2.33. The molecule has 0 unspecified atom stereocenters. The Morgan fingerprint density at radius 3 is 2.29 bits per heavy atom. The first-order valence-corrected chi connectivity index (χ1v) is 10.6. The van der Waals surface area contributed by atoms with E-state index in [1.54, 1.807) is 4.90 Å². The van der Waals surface area contributed by atoms with Crippen LogP contribution in [-0.4, -0.2) is 60.4 Å². The summed E-state index contributed by atoms with van der Waals surface area (Å²) in [5, 5.41) is 14.2. The minimum absolute atomic E-state index is 0.539. The number of benzene rings is 1. The molecule has 28 heavy (non-hydrogen) atoms. The van der Waals surface area contributed by atoms with Gasteiger partial charge in [-0.05, 0) is 55.0 Å². The second-order valence-corrected chi connectivity index (χ2v) is 8.56. The molecule has 1 amide bonds. The van der Waals surface area contributed by atoms with E-state index in [4.69, 9.17) is 0 Å². The third-order valence-corrected chi connectivity index (χ3v) is 6.08. The maximum atomic E-state index is 11.4. The lowest BCUT2D eigenvalue weighted by Crippen LogP contribution is -2.41. The van der Waals surface area contributed by atoms with Crippen molar-refractivity contribution in [3.05, 3.63) is 35.5 Å². The number of anilines is 2. The average molecular weight is 385 g/mol. The van der Waals surface area contributed by atoms with Crippen molar-refractivity contribution in [2.45, 2.75) is 39.5 Å². The number of carboxylic acid groups (broad SMARTS) is 1. The van der Waals surface area contributed by atoms with Gasteiger partial charge in [0.2, 0.25) is 0 Å². The third kappa shape index (κ3) is 3.77. The Labute approximate surface area is 168 Å². The van der Waals surface area contributed by atoms with E-state index < -0.39 is 6.09 Å². The van der Waals surface area contributed by atoms with E-state index in [1.165, 1.54) is 48.6 Å². The van der Waals surface area contributed by atoms with Crippen molar-refractivity contribution >= 4 is 17.5 Å². The van der Waals surface area contributed by atoms with Crippen LogP contribution in [-0.2, 0) is 0 Å². The molecular weight excluding hydrogens is 352 g/mol. The molecule has 0 spiro atoms. The molecule has 3 aliphatic rings. The summed E-state index contributed by atoms with van der Waals surface area (Å²) in [5.41, 5.74) is 5.28. The molecule has 0 aliphatic carbocycles. The van der Waals surface area contributed by atoms with Crippen LogP contribution in [0.25, 0.3) is 0 Å². The lowest BCUT2D eigenvalue weighted by atomic mass is 10.1. The van der Waals surface area contributed by atoms with Gasteiger partial charge in [-0.25, -0.2) is 4.79 Å². The fourth-order valence-electron chi connectivity index (χ4n) is 4.62. The van der Waals surface area contributed by atoms with Crippen LogP contribution in [0, 0.1) is 5.92 Å². The molecule has 0 atom stereocenters. The highest BCUT2D eigenvalue weighted by atomic mass is 16.4. The quantitative estimate of drug-likeness (QED) is 0.850. The topological polar surface area (TPSA) is 50.3 Å². The Morgan fingerprint density at radius 2 is 1.64 bits per heavy atom. The molecule has 1 fully saturated rings. The molecule has 0 aromatic heterocycles. The molecule has 3 aliphatic heterocycles. The second kappa shape index (κ2) is 7.94. The minimum atomic E-state index is -0.800. The lowest BCUT2D eigenvalue weighted by molar-refractivity contribution is 0.146. The molecular formula is C22H32N4O2. The summed E-state index contributed by atoms with van der Waals surface area (Å²) in [6.45, 7) is 9.84. The van der Waals surface area contributed by atoms with E-state index >= 15 is 0 Å². The van der Waals surface area contributed by atoms with Crippen molar-refractivity contribution in [1.29, 1.82) is 0 Å². The summed E-state index contributed by atoms with van der Waals surface area (Å²) in [6.07, 6.45) is 3.42. The van der Waals surface area contributed by atoms with E-state index in [0.717, 1.165) is 25.9 Å². The van der Waals surface area contributed by atoms with Crippen LogP contribution in [0.1, 0.15) is 39.5 Å². The van der Waals surface area contributed by atoms with Crippen LogP contribution in [0.2, 0.25) is 0 Å². The molecule has 3 heterocycles. The zero-order chi connectivity index (χ0) is 19.7. The van der Waals surface area contributed by atoms with Gasteiger partial charge in [0.1, 0.15) is 0 Å². The molecule has 0 radical (unpaired) electrons. The van der Waals surface area contributed by atoms with Gasteiger partial charge in [-0.15, -0.1) is 0 Å². The second-order valence-electron chi connectivity index (χ2n) is 8.56. The number of amides is 1. The maximum Gasteiger partial charge on any atom is 0.407 e. The predicted octanol–water partition coefficient (Wildman–Crippen LogP) is 4.01. The summed E-state index contributed by atoms with van der Waals surface area (Å²) < 4.78 is 0. The molecule has 1 saturated heterocycles. The van der Waals surface area contributed by atoms with E-state index in [-0.39, 0.29) is 0 Å². The van der Waals surface area contributed by atoms with Crippen molar-refractivity contribution in [2.24, 2.45) is 5.92 Å². The van der Waals surface area contributed by atoms with E-state index in [1.807, 2.05) is 0 Å². The normalized spacial score (nSPS) is 20.2. The Kier molecular flexibility index (Phi) is 5.38. The molecule has 0 saturated carbocycles. The molecule has 152 valence electrons. The number of hydrazine groups is 1. The van der Waals surface area contributed by atoms with E-state index in [0.29, 0.717) is 19.0 Å². The number of rotatable bonds is 4. The lowest BCUT2D eigenvalue weighted by Gasteiger charge is -2.36. The predicted molar refractivity (Wildman–Crippen MR) is 113 cm³/mol. The molecule has 6 heteroatoms. The standard InChI is InChI=1S/C22H32N4O2/c1-17(2)15-26-21-10-14-24(22(27)28)13-9-18(21)16-25(26)20-7-5-19(6-8-20)23-11-3-4-12-23/h5-8,17H,3-4,9-16H2,1-2H3,(H,27,28). The Bertz CT molecular complexity index is 737. The zero-order valence-corrected chi connectivity index (χ0v) is 17.1. The van der Waals surface area contributed by atoms with Crippen molar-refractivity contribution in [2.75, 3.05) is 49.2 Å². The fourth-order valence-corrected chi connectivity index (χ4v) is 4.62. The number of carbonyl (C=O) groups is 1. The smallest absolute Gasteiger partial charge is 0.407 e. The molecule has 1 aromatic rings. The third-order valence-electron chi connectivity index (χ3n) is 6.08. The Morgan fingerprint density at radius 1 is 1.00 bits per heavy atom. The Hall–Kier alpha value is -2.37. The summed E-state index contributed by atoms with van der Waals surface area (Å²) in [4.78, 5) is 15.4. The zero-order valence-electron chi connectivity index (χ0n) is 17.1. The Balaban J connectivity index is 1.53. The van der Waals surface area contributed by atoms with Gasteiger partial charge < -0.3 is 14.9 Å². The van der Waals surface area contributed by atoms with Gasteiger partial charge in [-0.1, -0.05) is 13.8 Å². The first kappa shape index (κ1) is 19.0. The summed E-state index contributed by atoms with van der Waals surface area (Å²) in [7, 11) is 0. The van der Waals surface area contributed by atoms with Gasteiger partial charge in [-0.3, -0.25) is 10.0 Å². The van der Waals surface area contributed by atoms with Gasteiger partial charge >= 0.3 is 6.09 Å². The molecule has 1 aromatic carbocycles. The summed E-state index contributed by atoms with van der Waals surface area (Å²) in [5.74, 6) is 0.539. The minimum Gasteiger partial charge on any atom is -0.465 e. The first-order valence-electron chi connectivity index (χ1n) is 10.6. The van der Waals surface area contributed by atoms with Crippen LogP contribution < -0.4 is 9.91 Å².